The molecule has 90 valence electrons. The highest BCUT2D eigenvalue weighted by molar-refractivity contribution is 5.77. The first-order chi connectivity index (χ1) is 8.13. The van der Waals surface area contributed by atoms with Gasteiger partial charge in [-0.3, -0.25) is 4.68 Å². The first kappa shape index (κ1) is 11.7. The molecule has 1 aromatic carbocycles. The van der Waals surface area contributed by atoms with E-state index in [2.05, 4.69) is 31.1 Å². The van der Waals surface area contributed by atoms with E-state index in [0.717, 1.165) is 29.8 Å². The van der Waals surface area contributed by atoms with Gasteiger partial charge in [-0.05, 0) is 31.9 Å². The lowest BCUT2D eigenvalue weighted by Gasteiger charge is -2.07. The summed E-state index contributed by atoms with van der Waals surface area (Å²) in [4.78, 5) is 0. The molecule has 3 nitrogen and oxygen atoms in total. The van der Waals surface area contributed by atoms with Gasteiger partial charge in [0.05, 0.1) is 6.20 Å². The topological polar surface area (TPSA) is 43.8 Å². The standard InChI is InChI=1S/C14H19N3/c1-4-7-17-11(3)13(9-16-17)12-6-5-10(2)8-14(12)15/h5-6,8-9H,4,7,15H2,1-3H3. The van der Waals surface area contributed by atoms with Crippen molar-refractivity contribution in [3.05, 3.63) is 35.7 Å². The smallest absolute Gasteiger partial charge is 0.0571 e. The van der Waals surface area contributed by atoms with Crippen molar-refractivity contribution in [2.24, 2.45) is 0 Å². The monoisotopic (exact) mass is 229 g/mol. The van der Waals surface area contributed by atoms with Crippen molar-refractivity contribution in [3.8, 4) is 11.1 Å². The number of rotatable bonds is 3. The van der Waals surface area contributed by atoms with Crippen LogP contribution in [0, 0.1) is 13.8 Å². The van der Waals surface area contributed by atoms with Gasteiger partial charge in [0.2, 0.25) is 0 Å². The predicted octanol–water partition coefficient (Wildman–Crippen LogP) is 3.16. The summed E-state index contributed by atoms with van der Waals surface area (Å²) in [6.07, 6.45) is 3.00. The van der Waals surface area contributed by atoms with Crippen molar-refractivity contribution in [2.45, 2.75) is 33.7 Å². The summed E-state index contributed by atoms with van der Waals surface area (Å²) in [5.74, 6) is 0. The molecule has 0 fully saturated rings. The molecule has 0 saturated heterocycles. The van der Waals surface area contributed by atoms with Gasteiger partial charge in [0.25, 0.3) is 0 Å². The largest absolute Gasteiger partial charge is 0.398 e. The van der Waals surface area contributed by atoms with Crippen LogP contribution in [0.5, 0.6) is 0 Å². The van der Waals surface area contributed by atoms with Crippen LogP contribution in [0.25, 0.3) is 11.1 Å². The van der Waals surface area contributed by atoms with Crippen molar-refractivity contribution in [1.29, 1.82) is 0 Å². The molecule has 17 heavy (non-hydrogen) atoms. The molecule has 0 aliphatic heterocycles. The van der Waals surface area contributed by atoms with Gasteiger partial charge >= 0.3 is 0 Å². The molecule has 0 saturated carbocycles. The van der Waals surface area contributed by atoms with Crippen molar-refractivity contribution in [2.75, 3.05) is 5.73 Å². The molecule has 0 spiro atoms. The minimum atomic E-state index is 0.823. The minimum absolute atomic E-state index is 0.823. The molecule has 0 aliphatic carbocycles. The Morgan fingerprint density at radius 1 is 1.24 bits per heavy atom. The number of anilines is 1. The zero-order valence-electron chi connectivity index (χ0n) is 10.7. The van der Waals surface area contributed by atoms with E-state index in [1.807, 2.05) is 23.9 Å². The number of hydrogen-bond donors (Lipinski definition) is 1. The fraction of sp³-hybridized carbons (Fsp3) is 0.357. The van der Waals surface area contributed by atoms with Crippen molar-refractivity contribution >= 4 is 5.69 Å². The summed E-state index contributed by atoms with van der Waals surface area (Å²) in [5, 5.41) is 4.41. The number of aromatic nitrogens is 2. The van der Waals surface area contributed by atoms with Crippen LogP contribution in [-0.4, -0.2) is 9.78 Å². The third-order valence-corrected chi connectivity index (χ3v) is 3.04. The van der Waals surface area contributed by atoms with Gasteiger partial charge in [-0.2, -0.15) is 5.10 Å². The number of benzene rings is 1. The zero-order valence-corrected chi connectivity index (χ0v) is 10.7. The Labute approximate surface area is 102 Å². The van der Waals surface area contributed by atoms with Crippen molar-refractivity contribution in [3.63, 3.8) is 0 Å². The van der Waals surface area contributed by atoms with Crippen LogP contribution in [0.3, 0.4) is 0 Å². The number of nitrogens with zero attached hydrogens (tertiary/aromatic N) is 2. The van der Waals surface area contributed by atoms with E-state index in [0.29, 0.717) is 0 Å². The maximum Gasteiger partial charge on any atom is 0.0571 e. The summed E-state index contributed by atoms with van der Waals surface area (Å²) in [7, 11) is 0. The third kappa shape index (κ3) is 2.18. The molecule has 1 aromatic heterocycles. The van der Waals surface area contributed by atoms with Gasteiger partial charge in [0.15, 0.2) is 0 Å². The predicted molar refractivity (Wildman–Crippen MR) is 71.8 cm³/mol. The Bertz CT molecular complexity index is 526. The molecule has 0 aliphatic rings. The Morgan fingerprint density at radius 2 is 2.00 bits per heavy atom. The van der Waals surface area contributed by atoms with E-state index < -0.39 is 0 Å². The van der Waals surface area contributed by atoms with Crippen LogP contribution in [0.1, 0.15) is 24.6 Å². The van der Waals surface area contributed by atoms with E-state index in [9.17, 15) is 0 Å². The number of nitrogen functional groups attached to an aromatic ring is 1. The summed E-state index contributed by atoms with van der Waals surface area (Å²) in [6, 6.07) is 6.17. The van der Waals surface area contributed by atoms with Gasteiger partial charge < -0.3 is 5.73 Å². The van der Waals surface area contributed by atoms with E-state index >= 15 is 0 Å². The summed E-state index contributed by atoms with van der Waals surface area (Å²) in [6.45, 7) is 7.25. The fourth-order valence-electron chi connectivity index (χ4n) is 2.08. The quantitative estimate of drug-likeness (QED) is 0.822. The van der Waals surface area contributed by atoms with Crippen molar-refractivity contribution < 1.29 is 0 Å². The summed E-state index contributed by atoms with van der Waals surface area (Å²) >= 11 is 0. The Kier molecular flexibility index (Phi) is 3.18. The van der Waals surface area contributed by atoms with Crippen molar-refractivity contribution in [1.82, 2.24) is 9.78 Å². The molecule has 3 heteroatoms. The third-order valence-electron chi connectivity index (χ3n) is 3.04. The van der Waals surface area contributed by atoms with E-state index in [1.54, 1.807) is 0 Å². The molecule has 0 bridgehead atoms. The normalized spacial score (nSPS) is 10.8. The second-order valence-electron chi connectivity index (χ2n) is 4.46. The van der Waals surface area contributed by atoms with Gasteiger partial charge in [0.1, 0.15) is 0 Å². The van der Waals surface area contributed by atoms with Crippen LogP contribution in [-0.2, 0) is 6.54 Å². The highest BCUT2D eigenvalue weighted by Gasteiger charge is 2.10. The molecular formula is C14H19N3. The highest BCUT2D eigenvalue weighted by Crippen LogP contribution is 2.29. The molecule has 0 atom stereocenters. The van der Waals surface area contributed by atoms with Gasteiger partial charge in [-0.1, -0.05) is 19.1 Å². The summed E-state index contributed by atoms with van der Waals surface area (Å²) < 4.78 is 2.04. The maximum absolute atomic E-state index is 6.07. The van der Waals surface area contributed by atoms with Gasteiger partial charge in [0, 0.05) is 29.1 Å². The molecule has 2 N–H and O–H groups in total. The first-order valence-corrected chi connectivity index (χ1v) is 6.02. The molecule has 0 radical (unpaired) electrons. The van der Waals surface area contributed by atoms with Crippen LogP contribution >= 0.6 is 0 Å². The lowest BCUT2D eigenvalue weighted by atomic mass is 10.0. The second-order valence-corrected chi connectivity index (χ2v) is 4.46. The lowest BCUT2D eigenvalue weighted by molar-refractivity contribution is 0.587. The fourth-order valence-corrected chi connectivity index (χ4v) is 2.08. The highest BCUT2D eigenvalue weighted by atomic mass is 15.3. The molecule has 0 amide bonds. The summed E-state index contributed by atoms with van der Waals surface area (Å²) in [5.41, 5.74) is 11.5. The first-order valence-electron chi connectivity index (χ1n) is 6.02. The van der Waals surface area contributed by atoms with Crippen LogP contribution in [0.2, 0.25) is 0 Å². The average Bonchev–Trinajstić information content (AvgIpc) is 2.62. The van der Waals surface area contributed by atoms with Crippen LogP contribution < -0.4 is 5.73 Å². The molecule has 1 heterocycles. The Morgan fingerprint density at radius 3 is 2.65 bits per heavy atom. The van der Waals surface area contributed by atoms with Gasteiger partial charge in [-0.25, -0.2) is 0 Å². The van der Waals surface area contributed by atoms with Crippen LogP contribution in [0.4, 0.5) is 5.69 Å². The lowest BCUT2D eigenvalue weighted by Crippen LogP contribution is -2.01. The van der Waals surface area contributed by atoms with Crippen LogP contribution in [0.15, 0.2) is 24.4 Å². The van der Waals surface area contributed by atoms with Gasteiger partial charge in [-0.15, -0.1) is 0 Å². The SMILES string of the molecule is CCCn1ncc(-c2ccc(C)cc2N)c1C. The van der Waals surface area contributed by atoms with E-state index in [-0.39, 0.29) is 0 Å². The Hall–Kier alpha value is -1.77. The number of aryl methyl sites for hydroxylation is 2. The molecule has 0 unspecified atom stereocenters. The molecule has 2 aromatic rings. The Balaban J connectivity index is 2.46. The van der Waals surface area contributed by atoms with E-state index in [1.165, 1.54) is 11.3 Å². The van der Waals surface area contributed by atoms with E-state index in [4.69, 9.17) is 5.73 Å². The minimum Gasteiger partial charge on any atom is -0.398 e. The zero-order chi connectivity index (χ0) is 12.4. The number of hydrogen-bond acceptors (Lipinski definition) is 2. The molecular weight excluding hydrogens is 210 g/mol. The average molecular weight is 229 g/mol. The second kappa shape index (κ2) is 4.62. The maximum atomic E-state index is 6.07. The molecule has 2 rings (SSSR count). The number of nitrogens with two attached hydrogens (primary N) is 1.